The number of halogens is 1. The molecule has 1 aliphatic rings. The van der Waals surface area contributed by atoms with Crippen molar-refractivity contribution in [3.63, 3.8) is 0 Å². The summed E-state index contributed by atoms with van der Waals surface area (Å²) in [7, 11) is 0. The van der Waals surface area contributed by atoms with Crippen molar-refractivity contribution in [2.75, 3.05) is 32.8 Å². The van der Waals surface area contributed by atoms with Crippen molar-refractivity contribution >= 4 is 5.78 Å². The van der Waals surface area contributed by atoms with Gasteiger partial charge >= 0.3 is 0 Å². The molecule has 0 heterocycles. The van der Waals surface area contributed by atoms with E-state index in [9.17, 15) is 4.79 Å². The molecule has 0 radical (unpaired) electrons. The van der Waals surface area contributed by atoms with Gasteiger partial charge in [-0.25, -0.2) is 0 Å². The van der Waals surface area contributed by atoms with Crippen LogP contribution in [0, 0.1) is 0 Å². The average Bonchev–Trinajstić information content (AvgIpc) is 3.07. The molecule has 0 saturated carbocycles. The van der Waals surface area contributed by atoms with Gasteiger partial charge in [-0.2, -0.15) is 0 Å². The Morgan fingerprint density at radius 3 is 1.78 bits per heavy atom. The van der Waals surface area contributed by atoms with Crippen molar-refractivity contribution < 1.29 is 44.0 Å². The van der Waals surface area contributed by atoms with Gasteiger partial charge in [-0.15, -0.1) is 0 Å². The third kappa shape index (κ3) is 6.02. The Morgan fingerprint density at radius 1 is 0.812 bits per heavy atom. The van der Waals surface area contributed by atoms with Gasteiger partial charge in [-0.3, -0.25) is 4.79 Å². The minimum absolute atomic E-state index is 0. The molecule has 3 N–H and O–H groups in total. The number of carbonyl (C=O) groups excluding carboxylic acids is 1. The van der Waals surface area contributed by atoms with E-state index in [2.05, 4.69) is 38.3 Å². The van der Waals surface area contributed by atoms with Crippen LogP contribution in [0.4, 0.5) is 0 Å². The van der Waals surface area contributed by atoms with E-state index >= 15 is 0 Å². The fourth-order valence-corrected chi connectivity index (χ4v) is 4.04. The number of nitrogens with zero attached hydrogens (tertiary/aromatic N) is 1. The zero-order chi connectivity index (χ0) is 22.4. The summed E-state index contributed by atoms with van der Waals surface area (Å²) in [5.41, 5.74) is 7.75. The van der Waals surface area contributed by atoms with Gasteiger partial charge < -0.3 is 44.1 Å². The van der Waals surface area contributed by atoms with E-state index in [0.29, 0.717) is 24.3 Å². The van der Waals surface area contributed by atoms with Crippen molar-refractivity contribution in [1.82, 2.24) is 4.90 Å². The van der Waals surface area contributed by atoms with Crippen LogP contribution in [0.5, 0.6) is 11.5 Å². The monoisotopic (exact) mass is 552 g/mol. The fraction of sp³-hybridized carbons (Fsp3) is 0.500. The molecule has 6 heteroatoms. The van der Waals surface area contributed by atoms with Crippen LogP contribution in [0.25, 0.3) is 11.1 Å². The Balaban J connectivity index is 0.00000363. The first-order valence-electron chi connectivity index (χ1n) is 11.6. The lowest BCUT2D eigenvalue weighted by Crippen LogP contribution is -3.00. The van der Waals surface area contributed by atoms with E-state index in [4.69, 9.17) is 9.47 Å². The van der Waals surface area contributed by atoms with E-state index in [0.717, 1.165) is 61.5 Å². The van der Waals surface area contributed by atoms with Crippen molar-refractivity contribution in [2.24, 2.45) is 0 Å². The molecule has 5 nitrogen and oxygen atoms in total. The van der Waals surface area contributed by atoms with Crippen LogP contribution in [-0.2, 0) is 0 Å². The van der Waals surface area contributed by atoms with Crippen LogP contribution in [0.1, 0.15) is 62.9 Å². The SMILES string of the molecule is CCN(CC)CCOc1ccc2c(c1)C(=O)c1cc(OCCC([NH3+])(CC)CC)ccc1-2.[I-]. The fourth-order valence-electron chi connectivity index (χ4n) is 4.04. The summed E-state index contributed by atoms with van der Waals surface area (Å²) in [6, 6.07) is 11.6. The molecule has 1 aliphatic carbocycles. The Kier molecular flexibility index (Phi) is 9.98. The van der Waals surface area contributed by atoms with E-state index in [-0.39, 0.29) is 35.3 Å². The quantitative estimate of drug-likeness (QED) is 0.343. The molecule has 0 unspecified atom stereocenters. The maximum atomic E-state index is 13.1. The molecular weight excluding hydrogens is 515 g/mol. The number of benzene rings is 2. The molecule has 3 rings (SSSR count). The maximum absolute atomic E-state index is 13.1. The Bertz CT molecular complexity index is 908. The number of ether oxygens (including phenoxy) is 2. The number of hydrogen-bond acceptors (Lipinski definition) is 4. The van der Waals surface area contributed by atoms with E-state index in [1.807, 2.05) is 36.4 Å². The highest BCUT2D eigenvalue weighted by atomic mass is 127. The predicted molar refractivity (Wildman–Crippen MR) is 125 cm³/mol. The lowest BCUT2D eigenvalue weighted by molar-refractivity contribution is -0.482. The predicted octanol–water partition coefficient (Wildman–Crippen LogP) is 1.19. The highest BCUT2D eigenvalue weighted by Crippen LogP contribution is 2.40. The van der Waals surface area contributed by atoms with Gasteiger partial charge in [0.25, 0.3) is 0 Å². The standard InChI is InChI=1S/C26H36N2O3.HI/c1-5-26(27,6-2)13-15-30-19-9-11-21-22-12-10-20(31-16-14-28(7-3)8-4)18-24(22)25(29)23(21)17-19;/h9-12,17-18H,5-8,13-16,27H2,1-4H3;1H. The third-order valence-corrected chi connectivity index (χ3v) is 6.73. The summed E-state index contributed by atoms with van der Waals surface area (Å²) in [4.78, 5) is 15.4. The number of quaternary nitrogens is 1. The van der Waals surface area contributed by atoms with E-state index in [1.54, 1.807) is 0 Å². The molecule has 0 atom stereocenters. The van der Waals surface area contributed by atoms with Gasteiger partial charge in [0.15, 0.2) is 5.78 Å². The van der Waals surface area contributed by atoms with Crippen LogP contribution < -0.4 is 39.2 Å². The average molecular weight is 552 g/mol. The molecule has 0 saturated heterocycles. The van der Waals surface area contributed by atoms with Crippen LogP contribution in [-0.4, -0.2) is 49.1 Å². The number of likely N-dealkylation sites (N-methyl/N-ethyl adjacent to an activating group) is 1. The van der Waals surface area contributed by atoms with Gasteiger partial charge in [0.2, 0.25) is 0 Å². The zero-order valence-electron chi connectivity index (χ0n) is 19.9. The first kappa shape index (κ1) is 26.6. The summed E-state index contributed by atoms with van der Waals surface area (Å²) >= 11 is 0. The number of hydrogen-bond donors (Lipinski definition) is 1. The highest BCUT2D eigenvalue weighted by molar-refractivity contribution is 6.22. The van der Waals surface area contributed by atoms with E-state index < -0.39 is 0 Å². The molecule has 2 aromatic carbocycles. The molecular formula is C26H37IN2O3. The molecule has 0 spiro atoms. The lowest BCUT2D eigenvalue weighted by Gasteiger charge is -2.22. The Morgan fingerprint density at radius 2 is 1.31 bits per heavy atom. The third-order valence-electron chi connectivity index (χ3n) is 6.73. The largest absolute Gasteiger partial charge is 1.00 e. The van der Waals surface area contributed by atoms with Crippen LogP contribution >= 0.6 is 0 Å². The second kappa shape index (κ2) is 12.0. The molecule has 2 aromatic rings. The summed E-state index contributed by atoms with van der Waals surface area (Å²) in [6.07, 6.45) is 2.97. The molecule has 0 amide bonds. The summed E-state index contributed by atoms with van der Waals surface area (Å²) in [5, 5.41) is 0. The number of carbonyl (C=O) groups is 1. The lowest BCUT2D eigenvalue weighted by atomic mass is 9.91. The van der Waals surface area contributed by atoms with Gasteiger partial charge in [0, 0.05) is 24.1 Å². The molecule has 32 heavy (non-hydrogen) atoms. The molecule has 0 aromatic heterocycles. The van der Waals surface area contributed by atoms with Crippen molar-refractivity contribution in [3.05, 3.63) is 47.5 Å². The van der Waals surface area contributed by atoms with Gasteiger partial charge in [0.1, 0.15) is 18.1 Å². The molecule has 0 bridgehead atoms. The molecule has 176 valence electrons. The first-order chi connectivity index (χ1) is 14.9. The summed E-state index contributed by atoms with van der Waals surface area (Å²) in [5.74, 6) is 1.53. The molecule has 0 fully saturated rings. The summed E-state index contributed by atoms with van der Waals surface area (Å²) in [6.45, 7) is 12.8. The minimum Gasteiger partial charge on any atom is -1.00 e. The minimum atomic E-state index is 0. The zero-order valence-corrected chi connectivity index (χ0v) is 22.0. The smallest absolute Gasteiger partial charge is 0.194 e. The Labute approximate surface area is 209 Å². The van der Waals surface area contributed by atoms with Crippen molar-refractivity contribution in [2.45, 2.75) is 52.5 Å². The second-order valence-electron chi connectivity index (χ2n) is 8.42. The maximum Gasteiger partial charge on any atom is 0.194 e. The van der Waals surface area contributed by atoms with Gasteiger partial charge in [0.05, 0.1) is 12.1 Å². The normalized spacial score (nSPS) is 12.4. The number of fused-ring (bicyclic) bond motifs is 3. The number of rotatable bonds is 12. The Hall–Kier alpha value is -1.64. The van der Waals surface area contributed by atoms with Crippen LogP contribution in [0.15, 0.2) is 36.4 Å². The van der Waals surface area contributed by atoms with Crippen LogP contribution in [0.3, 0.4) is 0 Å². The second-order valence-corrected chi connectivity index (χ2v) is 8.42. The number of ketones is 1. The molecule has 0 aliphatic heterocycles. The van der Waals surface area contributed by atoms with Crippen LogP contribution in [0.2, 0.25) is 0 Å². The van der Waals surface area contributed by atoms with E-state index in [1.165, 1.54) is 0 Å². The van der Waals surface area contributed by atoms with Crippen molar-refractivity contribution in [1.29, 1.82) is 0 Å². The van der Waals surface area contributed by atoms with Gasteiger partial charge in [-0.05, 0) is 73.5 Å². The van der Waals surface area contributed by atoms with Crippen molar-refractivity contribution in [3.8, 4) is 22.6 Å². The summed E-state index contributed by atoms with van der Waals surface area (Å²) < 4.78 is 11.9. The first-order valence-corrected chi connectivity index (χ1v) is 11.6. The topological polar surface area (TPSA) is 66.4 Å². The van der Waals surface area contributed by atoms with Gasteiger partial charge in [-0.1, -0.05) is 27.7 Å². The highest BCUT2D eigenvalue weighted by Gasteiger charge is 2.28.